The monoisotopic (exact) mass is 319 g/mol. The van der Waals surface area contributed by atoms with E-state index < -0.39 is 0 Å². The number of piperidine rings is 2. The minimum Gasteiger partial charge on any atom is -0.466 e. The van der Waals surface area contributed by atoms with Gasteiger partial charge >= 0.3 is 5.97 Å². The molecular formula is C18H25NO2S. The molecule has 1 aromatic rings. The second-order valence-corrected chi connectivity index (χ2v) is 8.73. The van der Waals surface area contributed by atoms with Crippen molar-refractivity contribution in [1.29, 1.82) is 0 Å². The summed E-state index contributed by atoms with van der Waals surface area (Å²) in [5.74, 6) is 0.0525. The Bertz CT molecular complexity index is 626. The van der Waals surface area contributed by atoms with Gasteiger partial charge in [-0.2, -0.15) is 0 Å². The molecule has 4 bridgehead atoms. The Kier molecular flexibility index (Phi) is 3.06. The van der Waals surface area contributed by atoms with Crippen LogP contribution in [-0.4, -0.2) is 36.6 Å². The van der Waals surface area contributed by atoms with Crippen molar-refractivity contribution in [3.05, 3.63) is 21.9 Å². The first kappa shape index (κ1) is 14.7. The summed E-state index contributed by atoms with van der Waals surface area (Å²) in [6.07, 6.45) is 3.18. The van der Waals surface area contributed by atoms with Crippen molar-refractivity contribution in [2.24, 2.45) is 11.3 Å². The highest BCUT2D eigenvalue weighted by atomic mass is 32.1. The van der Waals surface area contributed by atoms with Crippen molar-refractivity contribution >= 4 is 17.3 Å². The molecule has 4 aliphatic rings. The van der Waals surface area contributed by atoms with E-state index in [1.54, 1.807) is 10.4 Å². The number of hydrogen-bond donors (Lipinski definition) is 0. The van der Waals surface area contributed by atoms with Crippen LogP contribution in [0.4, 0.5) is 0 Å². The number of likely N-dealkylation sites (N-methyl/N-ethyl adjacent to an activating group) is 1. The van der Waals surface area contributed by atoms with Gasteiger partial charge in [0.2, 0.25) is 0 Å². The second-order valence-electron chi connectivity index (χ2n) is 7.73. The van der Waals surface area contributed by atoms with E-state index in [9.17, 15) is 4.79 Å². The molecule has 0 spiro atoms. The number of thiophene rings is 1. The third kappa shape index (κ3) is 1.58. The molecule has 0 aromatic carbocycles. The number of hydrogen-bond acceptors (Lipinski definition) is 4. The van der Waals surface area contributed by atoms with Crippen molar-refractivity contribution < 1.29 is 9.53 Å². The molecule has 4 heteroatoms. The zero-order valence-corrected chi connectivity index (χ0v) is 14.7. The van der Waals surface area contributed by atoms with Gasteiger partial charge in [0, 0.05) is 22.4 Å². The fraction of sp³-hybridized carbons (Fsp3) is 0.722. The van der Waals surface area contributed by atoms with Crippen LogP contribution in [0.1, 0.15) is 44.1 Å². The quantitative estimate of drug-likeness (QED) is 0.784. The average molecular weight is 319 g/mol. The summed E-state index contributed by atoms with van der Waals surface area (Å²) in [7, 11) is 2.22. The van der Waals surface area contributed by atoms with Gasteiger partial charge < -0.3 is 4.74 Å². The number of ether oxygens (including phenoxy) is 1. The summed E-state index contributed by atoms with van der Waals surface area (Å²) in [6.45, 7) is 7.23. The standard InChI is InChI=1S/C18H25NO2S/c1-5-21-16(20)11-9-18(3)15-8-14-12(6-7-22-14)17(18,2)10-13(11)19(15)4/h6-7,11,13,15H,5,8-10H2,1-4H3/t11?,13?,15?,17-,18+/m0/s1. The lowest BCUT2D eigenvalue weighted by Crippen LogP contribution is -2.73. The van der Waals surface area contributed by atoms with Gasteiger partial charge in [0.05, 0.1) is 12.5 Å². The molecule has 0 amide bonds. The molecule has 2 aliphatic carbocycles. The fourth-order valence-corrected chi connectivity index (χ4v) is 6.71. The normalized spacial score (nSPS) is 43.0. The molecule has 3 unspecified atom stereocenters. The molecule has 5 atom stereocenters. The summed E-state index contributed by atoms with van der Waals surface area (Å²) >= 11 is 1.91. The van der Waals surface area contributed by atoms with Crippen LogP contribution >= 0.6 is 11.3 Å². The first-order chi connectivity index (χ1) is 10.4. The third-order valence-electron chi connectivity index (χ3n) is 7.04. The molecule has 1 saturated carbocycles. The average Bonchev–Trinajstić information content (AvgIpc) is 2.93. The van der Waals surface area contributed by atoms with Crippen molar-refractivity contribution in [3.8, 4) is 0 Å². The molecule has 22 heavy (non-hydrogen) atoms. The highest BCUT2D eigenvalue weighted by Crippen LogP contribution is 2.65. The van der Waals surface area contributed by atoms with Crippen LogP contribution in [-0.2, 0) is 21.4 Å². The van der Waals surface area contributed by atoms with E-state index in [2.05, 4.69) is 37.2 Å². The van der Waals surface area contributed by atoms with E-state index in [0.29, 0.717) is 18.7 Å². The van der Waals surface area contributed by atoms with Gasteiger partial charge in [0.25, 0.3) is 0 Å². The minimum absolute atomic E-state index is 0.0113. The topological polar surface area (TPSA) is 29.5 Å². The fourth-order valence-electron chi connectivity index (χ4n) is 5.67. The molecule has 3 fully saturated rings. The molecule has 2 aliphatic heterocycles. The molecule has 1 aromatic heterocycles. The lowest BCUT2D eigenvalue weighted by molar-refractivity contribution is -0.180. The number of fused-ring (bicyclic) bond motifs is 2. The van der Waals surface area contributed by atoms with E-state index in [4.69, 9.17) is 4.74 Å². The Balaban J connectivity index is 1.79. The Morgan fingerprint density at radius 3 is 2.95 bits per heavy atom. The van der Waals surface area contributed by atoms with E-state index in [0.717, 1.165) is 19.3 Å². The molecular weight excluding hydrogens is 294 g/mol. The molecule has 3 heterocycles. The molecule has 120 valence electrons. The predicted molar refractivity (Wildman–Crippen MR) is 88.2 cm³/mol. The molecule has 0 N–H and O–H groups in total. The van der Waals surface area contributed by atoms with Crippen molar-refractivity contribution in [2.45, 2.75) is 57.5 Å². The Morgan fingerprint density at radius 2 is 2.23 bits per heavy atom. The number of nitrogens with zero attached hydrogens (tertiary/aromatic N) is 1. The first-order valence-corrected chi connectivity index (χ1v) is 9.26. The van der Waals surface area contributed by atoms with Crippen LogP contribution in [0.25, 0.3) is 0 Å². The lowest BCUT2D eigenvalue weighted by Gasteiger charge is -2.69. The zero-order chi connectivity index (χ0) is 15.7. The summed E-state index contributed by atoms with van der Waals surface area (Å²) in [4.78, 5) is 16.5. The van der Waals surface area contributed by atoms with E-state index in [1.165, 1.54) is 0 Å². The van der Waals surface area contributed by atoms with Gasteiger partial charge in [-0.3, -0.25) is 9.69 Å². The van der Waals surface area contributed by atoms with Crippen LogP contribution in [0.3, 0.4) is 0 Å². The van der Waals surface area contributed by atoms with E-state index in [1.807, 2.05) is 18.3 Å². The van der Waals surface area contributed by atoms with Gasteiger partial charge in [-0.1, -0.05) is 13.8 Å². The number of esters is 1. The maximum absolute atomic E-state index is 12.4. The van der Waals surface area contributed by atoms with Crippen molar-refractivity contribution in [3.63, 3.8) is 0 Å². The van der Waals surface area contributed by atoms with Crippen LogP contribution in [0, 0.1) is 11.3 Å². The van der Waals surface area contributed by atoms with Gasteiger partial charge in [0.1, 0.15) is 0 Å². The van der Waals surface area contributed by atoms with Gasteiger partial charge in [-0.15, -0.1) is 11.3 Å². The summed E-state index contributed by atoms with van der Waals surface area (Å²) in [5, 5.41) is 2.25. The smallest absolute Gasteiger partial charge is 0.310 e. The molecule has 0 radical (unpaired) electrons. The van der Waals surface area contributed by atoms with Crippen molar-refractivity contribution in [1.82, 2.24) is 4.90 Å². The van der Waals surface area contributed by atoms with Crippen LogP contribution < -0.4 is 0 Å². The van der Waals surface area contributed by atoms with Gasteiger partial charge in [-0.25, -0.2) is 0 Å². The molecule has 2 saturated heterocycles. The first-order valence-electron chi connectivity index (χ1n) is 8.38. The highest BCUT2D eigenvalue weighted by molar-refractivity contribution is 7.10. The predicted octanol–water partition coefficient (Wildman–Crippen LogP) is 3.22. The van der Waals surface area contributed by atoms with E-state index >= 15 is 0 Å². The largest absolute Gasteiger partial charge is 0.466 e. The van der Waals surface area contributed by atoms with Crippen LogP contribution in [0.15, 0.2) is 11.4 Å². The molecule has 3 nitrogen and oxygen atoms in total. The maximum atomic E-state index is 12.4. The molecule has 5 rings (SSSR count). The third-order valence-corrected chi connectivity index (χ3v) is 7.99. The Hall–Kier alpha value is -0.870. The van der Waals surface area contributed by atoms with Crippen molar-refractivity contribution in [2.75, 3.05) is 13.7 Å². The second kappa shape index (κ2) is 4.57. The lowest BCUT2D eigenvalue weighted by atomic mass is 9.43. The Morgan fingerprint density at radius 1 is 1.45 bits per heavy atom. The SMILES string of the molecule is CCOC(=O)C1C[C@]2(C)C3Cc4sccc4[C@]2(C)CC1N3C. The van der Waals surface area contributed by atoms with Gasteiger partial charge in [0.15, 0.2) is 0 Å². The summed E-state index contributed by atoms with van der Waals surface area (Å²) in [5.41, 5.74) is 1.91. The number of carbonyl (C=O) groups excluding carboxylic acids is 1. The summed E-state index contributed by atoms with van der Waals surface area (Å²) < 4.78 is 5.37. The highest BCUT2D eigenvalue weighted by Gasteiger charge is 2.66. The minimum atomic E-state index is 0.0113. The summed E-state index contributed by atoms with van der Waals surface area (Å²) in [6, 6.07) is 3.21. The van der Waals surface area contributed by atoms with Gasteiger partial charge in [-0.05, 0) is 55.7 Å². The number of rotatable bonds is 2. The maximum Gasteiger partial charge on any atom is 0.310 e. The van der Waals surface area contributed by atoms with E-state index in [-0.39, 0.29) is 22.7 Å². The van der Waals surface area contributed by atoms with Crippen LogP contribution in [0.2, 0.25) is 0 Å². The Labute approximate surface area is 136 Å². The zero-order valence-electron chi connectivity index (χ0n) is 13.9. The number of carbonyl (C=O) groups is 1. The van der Waals surface area contributed by atoms with Crippen LogP contribution in [0.5, 0.6) is 0 Å².